The predicted octanol–water partition coefficient (Wildman–Crippen LogP) is 2.11. The lowest BCUT2D eigenvalue weighted by Gasteiger charge is -2.00. The van der Waals surface area contributed by atoms with Crippen molar-refractivity contribution in [1.82, 2.24) is 10.5 Å². The summed E-state index contributed by atoms with van der Waals surface area (Å²) in [4.78, 5) is 11.8. The molecule has 1 amide bonds. The van der Waals surface area contributed by atoms with Crippen LogP contribution in [0.5, 0.6) is 0 Å². The zero-order valence-corrected chi connectivity index (χ0v) is 10.8. The van der Waals surface area contributed by atoms with Gasteiger partial charge < -0.3 is 14.6 Å². The van der Waals surface area contributed by atoms with Gasteiger partial charge in [0, 0.05) is 31.9 Å². The Labute approximate surface area is 111 Å². The zero-order chi connectivity index (χ0) is 13.5. The van der Waals surface area contributed by atoms with Crippen molar-refractivity contribution in [3.05, 3.63) is 42.2 Å². The Bertz CT molecular complexity index is 522. The number of hydrogen-bond donors (Lipinski definition) is 1. The fourth-order valence-electron chi connectivity index (χ4n) is 1.63. The van der Waals surface area contributed by atoms with Gasteiger partial charge in [0.2, 0.25) is 5.76 Å². The van der Waals surface area contributed by atoms with Crippen LogP contribution in [0, 0.1) is 0 Å². The van der Waals surface area contributed by atoms with E-state index < -0.39 is 0 Å². The van der Waals surface area contributed by atoms with Crippen molar-refractivity contribution < 1.29 is 14.1 Å². The topological polar surface area (TPSA) is 64.4 Å². The van der Waals surface area contributed by atoms with Crippen LogP contribution in [-0.2, 0) is 4.74 Å². The number of aromatic nitrogens is 1. The summed E-state index contributed by atoms with van der Waals surface area (Å²) in [7, 11) is 1.63. The highest BCUT2D eigenvalue weighted by Gasteiger charge is 2.13. The van der Waals surface area contributed by atoms with Crippen LogP contribution in [0.15, 0.2) is 40.9 Å². The summed E-state index contributed by atoms with van der Waals surface area (Å²) in [6, 6.07) is 11.2. The maximum atomic E-state index is 11.8. The molecule has 1 heterocycles. The lowest BCUT2D eigenvalue weighted by atomic mass is 10.1. The van der Waals surface area contributed by atoms with Gasteiger partial charge in [-0.1, -0.05) is 35.5 Å². The van der Waals surface area contributed by atoms with Crippen molar-refractivity contribution in [3.63, 3.8) is 0 Å². The van der Waals surface area contributed by atoms with Crippen LogP contribution >= 0.6 is 0 Å². The molecule has 0 fully saturated rings. The third kappa shape index (κ3) is 3.66. The van der Waals surface area contributed by atoms with Gasteiger partial charge in [-0.15, -0.1) is 0 Å². The minimum Gasteiger partial charge on any atom is -0.385 e. The summed E-state index contributed by atoms with van der Waals surface area (Å²) < 4.78 is 9.95. The van der Waals surface area contributed by atoms with E-state index in [0.717, 1.165) is 12.0 Å². The van der Waals surface area contributed by atoms with Crippen molar-refractivity contribution in [2.45, 2.75) is 6.42 Å². The highest BCUT2D eigenvalue weighted by Crippen LogP contribution is 2.18. The number of hydrogen-bond acceptors (Lipinski definition) is 4. The minimum atomic E-state index is -0.259. The van der Waals surface area contributed by atoms with E-state index in [-0.39, 0.29) is 11.7 Å². The molecule has 0 unspecified atom stereocenters. The number of rotatable bonds is 6. The number of ether oxygens (including phenoxy) is 1. The van der Waals surface area contributed by atoms with Crippen molar-refractivity contribution in [1.29, 1.82) is 0 Å². The summed E-state index contributed by atoms with van der Waals surface area (Å²) in [5.74, 6) is -0.0398. The predicted molar refractivity (Wildman–Crippen MR) is 70.8 cm³/mol. The van der Waals surface area contributed by atoms with E-state index in [1.807, 2.05) is 30.3 Å². The molecule has 19 heavy (non-hydrogen) atoms. The number of nitrogens with one attached hydrogen (secondary N) is 1. The lowest BCUT2D eigenvalue weighted by Crippen LogP contribution is -2.24. The molecule has 0 bridgehead atoms. The maximum absolute atomic E-state index is 11.8. The molecule has 0 aliphatic heterocycles. The number of carbonyl (C=O) groups excluding carboxylic acids is 1. The second-order valence-electron chi connectivity index (χ2n) is 4.04. The van der Waals surface area contributed by atoms with Crippen LogP contribution in [0.25, 0.3) is 11.3 Å². The molecular formula is C14H16N2O3. The van der Waals surface area contributed by atoms with Gasteiger partial charge in [-0.25, -0.2) is 0 Å². The first kappa shape index (κ1) is 13.3. The molecule has 5 heteroatoms. The van der Waals surface area contributed by atoms with Gasteiger partial charge in [-0.2, -0.15) is 0 Å². The average molecular weight is 260 g/mol. The molecule has 0 aliphatic carbocycles. The van der Waals surface area contributed by atoms with E-state index in [4.69, 9.17) is 9.26 Å². The van der Waals surface area contributed by atoms with Crippen molar-refractivity contribution in [2.24, 2.45) is 0 Å². The third-order valence-corrected chi connectivity index (χ3v) is 2.61. The van der Waals surface area contributed by atoms with Gasteiger partial charge in [0.25, 0.3) is 5.91 Å². The number of carbonyl (C=O) groups is 1. The van der Waals surface area contributed by atoms with Gasteiger partial charge >= 0.3 is 0 Å². The van der Waals surface area contributed by atoms with E-state index >= 15 is 0 Å². The van der Waals surface area contributed by atoms with E-state index in [2.05, 4.69) is 10.5 Å². The Morgan fingerprint density at radius 3 is 2.89 bits per heavy atom. The largest absolute Gasteiger partial charge is 0.385 e. The summed E-state index contributed by atoms with van der Waals surface area (Å²) in [5, 5.41) is 6.64. The summed E-state index contributed by atoms with van der Waals surface area (Å²) in [6.45, 7) is 1.17. The first-order valence-electron chi connectivity index (χ1n) is 6.10. The lowest BCUT2D eigenvalue weighted by molar-refractivity contribution is 0.0912. The fourth-order valence-corrected chi connectivity index (χ4v) is 1.63. The van der Waals surface area contributed by atoms with Crippen LogP contribution in [0.4, 0.5) is 0 Å². The van der Waals surface area contributed by atoms with E-state index in [1.54, 1.807) is 13.2 Å². The minimum absolute atomic E-state index is 0.219. The molecule has 5 nitrogen and oxygen atoms in total. The molecule has 2 aromatic rings. The highest BCUT2D eigenvalue weighted by molar-refractivity contribution is 5.92. The molecular weight excluding hydrogens is 244 g/mol. The Hall–Kier alpha value is -2.14. The van der Waals surface area contributed by atoms with E-state index in [1.165, 1.54) is 0 Å². The van der Waals surface area contributed by atoms with Crippen LogP contribution in [-0.4, -0.2) is 31.3 Å². The summed E-state index contributed by atoms with van der Waals surface area (Å²) >= 11 is 0. The molecule has 0 radical (unpaired) electrons. The molecule has 0 spiro atoms. The van der Waals surface area contributed by atoms with Crippen LogP contribution < -0.4 is 5.32 Å². The average Bonchev–Trinajstić information content (AvgIpc) is 2.94. The molecule has 0 saturated carbocycles. The maximum Gasteiger partial charge on any atom is 0.289 e. The Balaban J connectivity index is 1.95. The van der Waals surface area contributed by atoms with E-state index in [9.17, 15) is 4.79 Å². The fraction of sp³-hybridized carbons (Fsp3) is 0.286. The second-order valence-corrected chi connectivity index (χ2v) is 4.04. The molecule has 0 atom stereocenters. The molecule has 0 saturated heterocycles. The van der Waals surface area contributed by atoms with Crippen LogP contribution in [0.1, 0.15) is 17.0 Å². The van der Waals surface area contributed by atoms with Gasteiger partial charge in [0.15, 0.2) is 0 Å². The van der Waals surface area contributed by atoms with Crippen molar-refractivity contribution in [2.75, 3.05) is 20.3 Å². The van der Waals surface area contributed by atoms with Crippen molar-refractivity contribution >= 4 is 5.91 Å². The molecule has 1 aromatic heterocycles. The number of methoxy groups -OCH3 is 1. The normalized spacial score (nSPS) is 10.4. The second kappa shape index (κ2) is 6.70. The highest BCUT2D eigenvalue weighted by atomic mass is 16.5. The molecule has 1 aromatic carbocycles. The molecule has 1 N–H and O–H groups in total. The number of benzene rings is 1. The quantitative estimate of drug-likeness (QED) is 0.808. The first-order valence-corrected chi connectivity index (χ1v) is 6.10. The molecule has 0 aliphatic rings. The van der Waals surface area contributed by atoms with E-state index in [0.29, 0.717) is 18.8 Å². The first-order chi connectivity index (χ1) is 9.31. The summed E-state index contributed by atoms with van der Waals surface area (Å²) in [5.41, 5.74) is 1.58. The SMILES string of the molecule is COCCCNC(=O)c1cc(-c2ccccc2)no1. The Morgan fingerprint density at radius 1 is 1.37 bits per heavy atom. The van der Waals surface area contributed by atoms with Crippen LogP contribution in [0.3, 0.4) is 0 Å². The van der Waals surface area contributed by atoms with Gasteiger partial charge in [0.05, 0.1) is 0 Å². The monoisotopic (exact) mass is 260 g/mol. The van der Waals surface area contributed by atoms with Gasteiger partial charge in [-0.05, 0) is 6.42 Å². The number of amides is 1. The molecule has 2 rings (SSSR count). The zero-order valence-electron chi connectivity index (χ0n) is 10.8. The van der Waals surface area contributed by atoms with Gasteiger partial charge in [-0.3, -0.25) is 4.79 Å². The molecule has 100 valence electrons. The smallest absolute Gasteiger partial charge is 0.289 e. The Morgan fingerprint density at radius 2 is 2.16 bits per heavy atom. The standard InChI is InChI=1S/C14H16N2O3/c1-18-9-5-8-15-14(17)13-10-12(16-19-13)11-6-3-2-4-7-11/h2-4,6-7,10H,5,8-9H2,1H3,(H,15,17). The Kier molecular flexibility index (Phi) is 4.69. The number of nitrogens with zero attached hydrogens (tertiary/aromatic N) is 1. The third-order valence-electron chi connectivity index (χ3n) is 2.61. The van der Waals surface area contributed by atoms with Crippen molar-refractivity contribution in [3.8, 4) is 11.3 Å². The summed E-state index contributed by atoms with van der Waals surface area (Å²) in [6.07, 6.45) is 0.766. The van der Waals surface area contributed by atoms with Gasteiger partial charge in [0.1, 0.15) is 5.69 Å². The van der Waals surface area contributed by atoms with Crippen LogP contribution in [0.2, 0.25) is 0 Å².